The number of hydrogen-bond acceptors (Lipinski definition) is 2. The third-order valence-electron chi connectivity index (χ3n) is 3.14. The zero-order valence-electron chi connectivity index (χ0n) is 9.88. The summed E-state index contributed by atoms with van der Waals surface area (Å²) in [4.78, 5) is 0. The van der Waals surface area contributed by atoms with Crippen molar-refractivity contribution in [3.63, 3.8) is 0 Å². The Bertz CT molecular complexity index is 380. The molecule has 1 saturated heterocycles. The number of nitrogens with one attached hydrogen (secondary N) is 1. The molecule has 1 heterocycles. The first kappa shape index (κ1) is 13.3. The predicted molar refractivity (Wildman–Crippen MR) is 74.4 cm³/mol. The molecule has 0 aromatic heterocycles. The fourth-order valence-electron chi connectivity index (χ4n) is 2.08. The number of rotatable bonds is 4. The van der Waals surface area contributed by atoms with E-state index < -0.39 is 0 Å². The van der Waals surface area contributed by atoms with Crippen molar-refractivity contribution >= 4 is 27.5 Å². The minimum Gasteiger partial charge on any atom is -0.377 e. The van der Waals surface area contributed by atoms with Gasteiger partial charge in [-0.15, -0.1) is 0 Å². The van der Waals surface area contributed by atoms with Crippen molar-refractivity contribution in [2.45, 2.75) is 38.5 Å². The topological polar surface area (TPSA) is 21.3 Å². The first-order chi connectivity index (χ1) is 8.16. The smallest absolute Gasteiger partial charge is 0.0726 e. The Morgan fingerprint density at radius 3 is 3.12 bits per heavy atom. The molecule has 1 fully saturated rings. The first-order valence-electron chi connectivity index (χ1n) is 5.96. The molecule has 4 heteroatoms. The molecule has 1 aliphatic rings. The standard InChI is InChI=1S/C13H17BrClNO/c1-9(13-3-2-6-17-13)16-8-10-7-11(14)4-5-12(10)15/h4-5,7,9,13,16H,2-3,6,8H2,1H3. The van der Waals surface area contributed by atoms with Gasteiger partial charge in [0, 0.05) is 28.7 Å². The van der Waals surface area contributed by atoms with E-state index in [0.29, 0.717) is 12.1 Å². The van der Waals surface area contributed by atoms with Crippen LogP contribution in [0.5, 0.6) is 0 Å². The summed E-state index contributed by atoms with van der Waals surface area (Å²) in [5.41, 5.74) is 1.12. The lowest BCUT2D eigenvalue weighted by molar-refractivity contribution is 0.0832. The molecule has 0 radical (unpaired) electrons. The second-order valence-electron chi connectivity index (χ2n) is 4.46. The van der Waals surface area contributed by atoms with Crippen molar-refractivity contribution in [1.82, 2.24) is 5.32 Å². The van der Waals surface area contributed by atoms with Crippen LogP contribution in [-0.4, -0.2) is 18.8 Å². The van der Waals surface area contributed by atoms with Gasteiger partial charge in [0.05, 0.1) is 6.10 Å². The van der Waals surface area contributed by atoms with Crippen molar-refractivity contribution in [1.29, 1.82) is 0 Å². The first-order valence-corrected chi connectivity index (χ1v) is 7.13. The molecule has 2 unspecified atom stereocenters. The van der Waals surface area contributed by atoms with Gasteiger partial charge in [-0.1, -0.05) is 27.5 Å². The Labute approximate surface area is 116 Å². The molecule has 0 bridgehead atoms. The number of hydrogen-bond donors (Lipinski definition) is 1. The van der Waals surface area contributed by atoms with Gasteiger partial charge in [0.1, 0.15) is 0 Å². The van der Waals surface area contributed by atoms with E-state index in [1.165, 1.54) is 6.42 Å². The second-order valence-corrected chi connectivity index (χ2v) is 5.78. The van der Waals surface area contributed by atoms with E-state index in [2.05, 4.69) is 34.2 Å². The molecule has 2 atom stereocenters. The van der Waals surface area contributed by atoms with Gasteiger partial charge in [0.2, 0.25) is 0 Å². The third kappa shape index (κ3) is 3.68. The highest BCUT2D eigenvalue weighted by Crippen LogP contribution is 2.21. The van der Waals surface area contributed by atoms with Crippen LogP contribution in [0.25, 0.3) is 0 Å². The van der Waals surface area contributed by atoms with Crippen LogP contribution in [0.4, 0.5) is 0 Å². The average molecular weight is 319 g/mol. The molecule has 1 aromatic rings. The van der Waals surface area contributed by atoms with Crippen LogP contribution >= 0.6 is 27.5 Å². The Hall–Kier alpha value is -0.0900. The number of ether oxygens (including phenoxy) is 1. The number of halogens is 2. The van der Waals surface area contributed by atoms with Gasteiger partial charge in [-0.05, 0) is 43.5 Å². The monoisotopic (exact) mass is 317 g/mol. The second kappa shape index (κ2) is 6.19. The van der Waals surface area contributed by atoms with Crippen molar-refractivity contribution < 1.29 is 4.74 Å². The Kier molecular flexibility index (Phi) is 4.86. The Balaban J connectivity index is 1.90. The van der Waals surface area contributed by atoms with Crippen LogP contribution < -0.4 is 5.32 Å². The summed E-state index contributed by atoms with van der Waals surface area (Å²) in [5, 5.41) is 4.28. The fourth-order valence-corrected chi connectivity index (χ4v) is 2.67. The zero-order chi connectivity index (χ0) is 12.3. The molecule has 0 spiro atoms. The largest absolute Gasteiger partial charge is 0.377 e. The van der Waals surface area contributed by atoms with Crippen molar-refractivity contribution in [3.8, 4) is 0 Å². The summed E-state index contributed by atoms with van der Waals surface area (Å²) in [6, 6.07) is 6.29. The minimum atomic E-state index is 0.348. The van der Waals surface area contributed by atoms with Crippen LogP contribution in [0.15, 0.2) is 22.7 Å². The summed E-state index contributed by atoms with van der Waals surface area (Å²) in [7, 11) is 0. The molecule has 1 aromatic carbocycles. The van der Waals surface area contributed by atoms with E-state index in [1.54, 1.807) is 0 Å². The maximum absolute atomic E-state index is 6.15. The summed E-state index contributed by atoms with van der Waals surface area (Å²) in [5.74, 6) is 0. The summed E-state index contributed by atoms with van der Waals surface area (Å²) < 4.78 is 6.71. The van der Waals surface area contributed by atoms with Crippen molar-refractivity contribution in [3.05, 3.63) is 33.3 Å². The van der Waals surface area contributed by atoms with Crippen LogP contribution in [0.1, 0.15) is 25.3 Å². The molecule has 17 heavy (non-hydrogen) atoms. The van der Waals surface area contributed by atoms with E-state index in [0.717, 1.165) is 34.6 Å². The molecule has 0 aliphatic carbocycles. The van der Waals surface area contributed by atoms with Gasteiger partial charge in [0.15, 0.2) is 0 Å². The van der Waals surface area contributed by atoms with Crippen molar-refractivity contribution in [2.24, 2.45) is 0 Å². The quantitative estimate of drug-likeness (QED) is 0.912. The SMILES string of the molecule is CC(NCc1cc(Br)ccc1Cl)C1CCCO1. The molecular formula is C13H17BrClNO. The van der Waals surface area contributed by atoms with Gasteiger partial charge in [-0.2, -0.15) is 0 Å². The maximum Gasteiger partial charge on any atom is 0.0726 e. The van der Waals surface area contributed by atoms with Crippen LogP contribution in [0, 0.1) is 0 Å². The van der Waals surface area contributed by atoms with Gasteiger partial charge >= 0.3 is 0 Å². The normalized spacial score (nSPS) is 21.7. The lowest BCUT2D eigenvalue weighted by atomic mass is 10.1. The molecule has 1 N–H and O–H groups in total. The molecule has 2 rings (SSSR count). The van der Waals surface area contributed by atoms with Crippen LogP contribution in [0.3, 0.4) is 0 Å². The van der Waals surface area contributed by atoms with Gasteiger partial charge in [-0.25, -0.2) is 0 Å². The van der Waals surface area contributed by atoms with Gasteiger partial charge < -0.3 is 10.1 Å². The number of benzene rings is 1. The molecule has 1 aliphatic heterocycles. The fraction of sp³-hybridized carbons (Fsp3) is 0.538. The van der Waals surface area contributed by atoms with Crippen LogP contribution in [-0.2, 0) is 11.3 Å². The lowest BCUT2D eigenvalue weighted by Crippen LogP contribution is -2.36. The minimum absolute atomic E-state index is 0.348. The van der Waals surface area contributed by atoms with Crippen LogP contribution in [0.2, 0.25) is 5.02 Å². The molecule has 0 amide bonds. The summed E-state index contributed by atoms with van der Waals surface area (Å²) in [6.07, 6.45) is 2.68. The molecule has 2 nitrogen and oxygen atoms in total. The predicted octanol–water partition coefficient (Wildman–Crippen LogP) is 3.76. The average Bonchev–Trinajstić information content (AvgIpc) is 2.83. The van der Waals surface area contributed by atoms with Gasteiger partial charge in [-0.3, -0.25) is 0 Å². The van der Waals surface area contributed by atoms with E-state index in [-0.39, 0.29) is 0 Å². The highest BCUT2D eigenvalue weighted by Gasteiger charge is 2.21. The summed E-state index contributed by atoms with van der Waals surface area (Å²) >= 11 is 9.61. The highest BCUT2D eigenvalue weighted by molar-refractivity contribution is 9.10. The van der Waals surface area contributed by atoms with E-state index in [9.17, 15) is 0 Å². The Morgan fingerprint density at radius 1 is 1.59 bits per heavy atom. The van der Waals surface area contributed by atoms with Gasteiger partial charge in [0.25, 0.3) is 0 Å². The van der Waals surface area contributed by atoms with E-state index in [1.807, 2.05) is 12.1 Å². The Morgan fingerprint density at radius 2 is 2.41 bits per heavy atom. The summed E-state index contributed by atoms with van der Waals surface area (Å²) in [6.45, 7) is 3.84. The highest BCUT2D eigenvalue weighted by atomic mass is 79.9. The molecule has 94 valence electrons. The molecular weight excluding hydrogens is 302 g/mol. The van der Waals surface area contributed by atoms with E-state index in [4.69, 9.17) is 16.3 Å². The molecule has 0 saturated carbocycles. The third-order valence-corrected chi connectivity index (χ3v) is 4.01. The lowest BCUT2D eigenvalue weighted by Gasteiger charge is -2.20. The van der Waals surface area contributed by atoms with E-state index >= 15 is 0 Å². The maximum atomic E-state index is 6.15. The van der Waals surface area contributed by atoms with Crippen molar-refractivity contribution in [2.75, 3.05) is 6.61 Å². The zero-order valence-corrected chi connectivity index (χ0v) is 12.2.